The second kappa shape index (κ2) is 9.50. The molecule has 2 heterocycles. The lowest BCUT2D eigenvalue weighted by Crippen LogP contribution is -2.40. The quantitative estimate of drug-likeness (QED) is 0.572. The lowest BCUT2D eigenvalue weighted by molar-refractivity contribution is 0.117. The molecular weight excluding hydrogens is 352 g/mol. The highest BCUT2D eigenvalue weighted by atomic mass is 19.1. The zero-order valence-electron chi connectivity index (χ0n) is 15.4. The number of hydrogen-bond acceptors (Lipinski definition) is 3. The second-order valence-electron chi connectivity index (χ2n) is 6.61. The number of nitrogens with zero attached hydrogens (tertiary/aromatic N) is 1. The Morgan fingerprint density at radius 1 is 1.33 bits per heavy atom. The Morgan fingerprint density at radius 3 is 2.93 bits per heavy atom. The van der Waals surface area contributed by atoms with Gasteiger partial charge in [0.25, 0.3) is 0 Å². The van der Waals surface area contributed by atoms with E-state index in [0.717, 1.165) is 31.3 Å². The van der Waals surface area contributed by atoms with Crippen molar-refractivity contribution in [2.45, 2.75) is 38.3 Å². The van der Waals surface area contributed by atoms with Crippen LogP contribution in [0.5, 0.6) is 0 Å². The summed E-state index contributed by atoms with van der Waals surface area (Å²) in [6, 6.07) is 6.98. The van der Waals surface area contributed by atoms with Crippen molar-refractivity contribution in [2.75, 3.05) is 19.7 Å². The minimum Gasteiger partial charge on any atom is -0.469 e. The van der Waals surface area contributed by atoms with Gasteiger partial charge in [-0.25, -0.2) is 8.78 Å². The van der Waals surface area contributed by atoms with Crippen LogP contribution < -0.4 is 10.6 Å². The first kappa shape index (κ1) is 19.4. The molecule has 1 aromatic heterocycles. The second-order valence-corrected chi connectivity index (χ2v) is 6.61. The van der Waals surface area contributed by atoms with Gasteiger partial charge in [-0.15, -0.1) is 0 Å². The number of nitrogens with one attached hydrogen (secondary N) is 2. The molecule has 2 aromatic rings. The van der Waals surface area contributed by atoms with E-state index in [1.54, 1.807) is 6.26 Å². The fourth-order valence-corrected chi connectivity index (χ4v) is 3.03. The van der Waals surface area contributed by atoms with Gasteiger partial charge in [-0.3, -0.25) is 4.99 Å². The number of benzene rings is 1. The van der Waals surface area contributed by atoms with Crippen molar-refractivity contribution in [3.05, 3.63) is 59.6 Å². The summed E-state index contributed by atoms with van der Waals surface area (Å²) in [6.45, 7) is 3.73. The third-order valence-corrected chi connectivity index (χ3v) is 4.50. The van der Waals surface area contributed by atoms with Crippen LogP contribution >= 0.6 is 0 Å². The van der Waals surface area contributed by atoms with Crippen LogP contribution in [0, 0.1) is 11.6 Å². The van der Waals surface area contributed by atoms with Crippen molar-refractivity contribution in [1.82, 2.24) is 10.6 Å². The SMILES string of the molecule is CC(NC(=NCC1CCCO1)NCCc1ccco1)c1ccc(F)cc1F. The Morgan fingerprint density at radius 2 is 2.22 bits per heavy atom. The third-order valence-electron chi connectivity index (χ3n) is 4.50. The molecule has 5 nitrogen and oxygen atoms in total. The number of halogens is 2. The lowest BCUT2D eigenvalue weighted by Gasteiger charge is -2.19. The molecule has 3 rings (SSSR count). The van der Waals surface area contributed by atoms with Gasteiger partial charge in [-0.05, 0) is 38.0 Å². The normalized spacial score (nSPS) is 18.5. The summed E-state index contributed by atoms with van der Waals surface area (Å²) < 4.78 is 38.1. The molecule has 2 unspecified atom stereocenters. The Labute approximate surface area is 157 Å². The molecule has 1 aromatic carbocycles. The summed E-state index contributed by atoms with van der Waals surface area (Å²) in [4.78, 5) is 4.58. The lowest BCUT2D eigenvalue weighted by atomic mass is 10.1. The van der Waals surface area contributed by atoms with Crippen molar-refractivity contribution in [3.8, 4) is 0 Å². The third kappa shape index (κ3) is 5.79. The number of rotatable bonds is 7. The van der Waals surface area contributed by atoms with Crippen molar-refractivity contribution < 1.29 is 17.9 Å². The standard InChI is InChI=1S/C20H25F2N3O2/c1-14(18-7-6-15(21)12-19(18)22)25-20(24-13-17-5-3-11-27-17)23-9-8-16-4-2-10-26-16/h2,4,6-7,10,12,14,17H,3,5,8-9,11,13H2,1H3,(H2,23,24,25). The van der Waals surface area contributed by atoms with Gasteiger partial charge in [-0.1, -0.05) is 6.07 Å². The van der Waals surface area contributed by atoms with E-state index in [1.807, 2.05) is 19.1 Å². The van der Waals surface area contributed by atoms with Crippen molar-refractivity contribution in [2.24, 2.45) is 4.99 Å². The molecule has 1 aliphatic heterocycles. The molecular formula is C20H25F2N3O2. The van der Waals surface area contributed by atoms with Crippen LogP contribution in [0.25, 0.3) is 0 Å². The number of hydrogen-bond donors (Lipinski definition) is 2. The zero-order valence-corrected chi connectivity index (χ0v) is 15.4. The summed E-state index contributed by atoms with van der Waals surface area (Å²) >= 11 is 0. The molecule has 146 valence electrons. The van der Waals surface area contributed by atoms with Crippen LogP contribution in [0.2, 0.25) is 0 Å². The Hall–Kier alpha value is -2.41. The first-order valence-electron chi connectivity index (χ1n) is 9.25. The maximum Gasteiger partial charge on any atom is 0.191 e. The Bertz CT molecular complexity index is 744. The minimum absolute atomic E-state index is 0.117. The predicted octanol–water partition coefficient (Wildman–Crippen LogP) is 3.58. The molecule has 27 heavy (non-hydrogen) atoms. The van der Waals surface area contributed by atoms with E-state index in [0.29, 0.717) is 31.0 Å². The number of guanidine groups is 1. The van der Waals surface area contributed by atoms with Gasteiger partial charge in [0.1, 0.15) is 17.4 Å². The van der Waals surface area contributed by atoms with Crippen molar-refractivity contribution >= 4 is 5.96 Å². The topological polar surface area (TPSA) is 58.8 Å². The molecule has 0 saturated carbocycles. The molecule has 1 fully saturated rings. The molecule has 0 bridgehead atoms. The summed E-state index contributed by atoms with van der Waals surface area (Å²) in [5, 5.41) is 6.43. The molecule has 7 heteroatoms. The van der Waals surface area contributed by atoms with Crippen LogP contribution in [0.1, 0.15) is 37.1 Å². The van der Waals surface area contributed by atoms with E-state index in [4.69, 9.17) is 9.15 Å². The summed E-state index contributed by atoms with van der Waals surface area (Å²) in [6.07, 6.45) is 4.50. The van der Waals surface area contributed by atoms with Crippen LogP contribution in [0.3, 0.4) is 0 Å². The highest BCUT2D eigenvalue weighted by molar-refractivity contribution is 5.80. The Kier molecular flexibility index (Phi) is 6.81. The van der Waals surface area contributed by atoms with Gasteiger partial charge >= 0.3 is 0 Å². The first-order valence-corrected chi connectivity index (χ1v) is 9.25. The van der Waals surface area contributed by atoms with Gasteiger partial charge in [-0.2, -0.15) is 0 Å². The van der Waals surface area contributed by atoms with E-state index in [-0.39, 0.29) is 12.1 Å². The zero-order chi connectivity index (χ0) is 19.1. The van der Waals surface area contributed by atoms with Gasteiger partial charge in [0.05, 0.1) is 25.0 Å². The molecule has 0 radical (unpaired) electrons. The highest BCUT2D eigenvalue weighted by Gasteiger charge is 2.17. The van der Waals surface area contributed by atoms with Crippen LogP contribution in [-0.2, 0) is 11.2 Å². The number of furan rings is 1. The minimum atomic E-state index is -0.590. The van der Waals surface area contributed by atoms with E-state index >= 15 is 0 Å². The van der Waals surface area contributed by atoms with Gasteiger partial charge in [0.15, 0.2) is 5.96 Å². The largest absolute Gasteiger partial charge is 0.469 e. The average Bonchev–Trinajstić information content (AvgIpc) is 3.33. The molecule has 2 N–H and O–H groups in total. The molecule has 0 amide bonds. The summed E-state index contributed by atoms with van der Waals surface area (Å²) in [7, 11) is 0. The van der Waals surface area contributed by atoms with E-state index in [1.165, 1.54) is 12.1 Å². The molecule has 2 atom stereocenters. The summed E-state index contributed by atoms with van der Waals surface area (Å²) in [5.74, 6) is 0.267. The van der Waals surface area contributed by atoms with Gasteiger partial charge in [0, 0.05) is 31.2 Å². The van der Waals surface area contributed by atoms with E-state index in [2.05, 4.69) is 15.6 Å². The highest BCUT2D eigenvalue weighted by Crippen LogP contribution is 2.18. The first-order chi connectivity index (χ1) is 13.1. The van der Waals surface area contributed by atoms with E-state index in [9.17, 15) is 8.78 Å². The van der Waals surface area contributed by atoms with Crippen molar-refractivity contribution in [1.29, 1.82) is 0 Å². The summed E-state index contributed by atoms with van der Waals surface area (Å²) in [5.41, 5.74) is 0.383. The molecule has 0 aliphatic carbocycles. The smallest absolute Gasteiger partial charge is 0.191 e. The van der Waals surface area contributed by atoms with Crippen molar-refractivity contribution in [3.63, 3.8) is 0 Å². The monoisotopic (exact) mass is 377 g/mol. The maximum atomic E-state index is 14.0. The number of ether oxygens (including phenoxy) is 1. The average molecular weight is 377 g/mol. The Balaban J connectivity index is 1.62. The van der Waals surface area contributed by atoms with Gasteiger partial charge < -0.3 is 19.8 Å². The maximum absolute atomic E-state index is 14.0. The van der Waals surface area contributed by atoms with Crippen LogP contribution in [-0.4, -0.2) is 31.8 Å². The van der Waals surface area contributed by atoms with Crippen LogP contribution in [0.15, 0.2) is 46.0 Å². The molecule has 1 saturated heterocycles. The van der Waals surface area contributed by atoms with Crippen LogP contribution in [0.4, 0.5) is 8.78 Å². The fourth-order valence-electron chi connectivity index (χ4n) is 3.03. The molecule has 1 aliphatic rings. The molecule has 0 spiro atoms. The van der Waals surface area contributed by atoms with E-state index < -0.39 is 11.6 Å². The van der Waals surface area contributed by atoms with Gasteiger partial charge in [0.2, 0.25) is 0 Å². The predicted molar refractivity (Wildman–Crippen MR) is 99.6 cm³/mol. The fraction of sp³-hybridized carbons (Fsp3) is 0.450. The number of aliphatic imine (C=N–C) groups is 1.